The molecule has 0 saturated carbocycles. The third kappa shape index (κ3) is 5.39. The van der Waals surface area contributed by atoms with Crippen LogP contribution in [0.1, 0.15) is 5.56 Å². The van der Waals surface area contributed by atoms with E-state index >= 15 is 0 Å². The van der Waals surface area contributed by atoms with Crippen molar-refractivity contribution in [1.29, 1.82) is 0 Å². The first kappa shape index (κ1) is 19.6. The zero-order valence-corrected chi connectivity index (χ0v) is 15.2. The highest BCUT2D eigenvalue weighted by molar-refractivity contribution is 5.84. The summed E-state index contributed by atoms with van der Waals surface area (Å²) in [5, 5.41) is 23.9. The van der Waals surface area contributed by atoms with Gasteiger partial charge in [-0.15, -0.1) is 0 Å². The molecule has 1 amide bonds. The number of nitrogens with one attached hydrogen (secondary N) is 1. The van der Waals surface area contributed by atoms with Crippen LogP contribution in [0, 0.1) is 10.1 Å². The van der Waals surface area contributed by atoms with E-state index in [2.05, 4.69) is 10.5 Å². The molecule has 0 bridgehead atoms. The molecule has 146 valence electrons. The van der Waals surface area contributed by atoms with Crippen LogP contribution in [0.25, 0.3) is 11.1 Å². The Balaban J connectivity index is 1.51. The van der Waals surface area contributed by atoms with Gasteiger partial charge >= 0.3 is 5.69 Å². The molecule has 3 rings (SSSR count). The molecule has 0 fully saturated rings. The van der Waals surface area contributed by atoms with Crippen molar-refractivity contribution in [2.24, 2.45) is 5.10 Å². The third-order valence-corrected chi connectivity index (χ3v) is 3.93. The summed E-state index contributed by atoms with van der Waals surface area (Å²) in [5.41, 5.74) is 4.31. The second-order valence-electron chi connectivity index (χ2n) is 5.98. The predicted molar refractivity (Wildman–Crippen MR) is 108 cm³/mol. The second-order valence-corrected chi connectivity index (χ2v) is 5.98. The minimum atomic E-state index is -0.706. The number of carbonyl (C=O) groups excluding carboxylic acids is 1. The van der Waals surface area contributed by atoms with Gasteiger partial charge in [-0.2, -0.15) is 5.10 Å². The number of hydrogen-bond acceptors (Lipinski definition) is 6. The first-order valence-corrected chi connectivity index (χ1v) is 8.60. The molecule has 0 aliphatic carbocycles. The topological polar surface area (TPSA) is 114 Å². The van der Waals surface area contributed by atoms with Gasteiger partial charge in [0.2, 0.25) is 0 Å². The number of nitro groups is 1. The Morgan fingerprint density at radius 2 is 1.76 bits per heavy atom. The van der Waals surface area contributed by atoms with Crippen LogP contribution in [0.5, 0.6) is 11.5 Å². The van der Waals surface area contributed by atoms with E-state index in [9.17, 15) is 20.0 Å². The van der Waals surface area contributed by atoms with Gasteiger partial charge in [0, 0.05) is 11.6 Å². The first-order valence-electron chi connectivity index (χ1n) is 8.60. The molecule has 2 N–H and O–H groups in total. The van der Waals surface area contributed by atoms with Crippen LogP contribution in [0.15, 0.2) is 77.9 Å². The quantitative estimate of drug-likeness (QED) is 0.363. The van der Waals surface area contributed by atoms with E-state index in [1.165, 1.54) is 18.3 Å². The highest BCUT2D eigenvalue weighted by Crippen LogP contribution is 2.25. The van der Waals surface area contributed by atoms with E-state index in [0.29, 0.717) is 11.3 Å². The van der Waals surface area contributed by atoms with Gasteiger partial charge in [-0.1, -0.05) is 42.5 Å². The molecule has 0 unspecified atom stereocenters. The number of phenols is 1. The molecule has 0 aliphatic rings. The average molecular weight is 391 g/mol. The van der Waals surface area contributed by atoms with E-state index in [1.807, 2.05) is 42.5 Å². The minimum Gasteiger partial charge on any atom is -0.502 e. The van der Waals surface area contributed by atoms with E-state index in [4.69, 9.17) is 4.74 Å². The maximum absolute atomic E-state index is 11.8. The van der Waals surface area contributed by atoms with E-state index < -0.39 is 22.3 Å². The Hall–Kier alpha value is -4.20. The van der Waals surface area contributed by atoms with Gasteiger partial charge < -0.3 is 9.84 Å². The molecule has 29 heavy (non-hydrogen) atoms. The van der Waals surface area contributed by atoms with Crippen molar-refractivity contribution in [2.45, 2.75) is 0 Å². The number of nitro benzene ring substituents is 1. The van der Waals surface area contributed by atoms with E-state index in [-0.39, 0.29) is 6.61 Å². The number of benzene rings is 3. The number of carbonyl (C=O) groups is 1. The molecule has 8 nitrogen and oxygen atoms in total. The number of hydrogen-bond donors (Lipinski definition) is 2. The Morgan fingerprint density at radius 3 is 2.45 bits per heavy atom. The third-order valence-electron chi connectivity index (χ3n) is 3.93. The maximum Gasteiger partial charge on any atom is 0.311 e. The van der Waals surface area contributed by atoms with Crippen molar-refractivity contribution in [3.63, 3.8) is 0 Å². The van der Waals surface area contributed by atoms with Crippen LogP contribution in [0.4, 0.5) is 5.69 Å². The summed E-state index contributed by atoms with van der Waals surface area (Å²) in [4.78, 5) is 21.9. The van der Waals surface area contributed by atoms with Crippen LogP contribution in [0.2, 0.25) is 0 Å². The monoisotopic (exact) mass is 391 g/mol. The molecule has 0 aliphatic heterocycles. The first-order chi connectivity index (χ1) is 14.0. The lowest BCUT2D eigenvalue weighted by Gasteiger charge is -2.06. The minimum absolute atomic E-state index is 0.238. The average Bonchev–Trinajstić information content (AvgIpc) is 2.74. The summed E-state index contributed by atoms with van der Waals surface area (Å²) in [6.07, 6.45) is 1.24. The van der Waals surface area contributed by atoms with Crippen LogP contribution in [0.3, 0.4) is 0 Å². The number of aromatic hydroxyl groups is 1. The van der Waals surface area contributed by atoms with Crippen molar-refractivity contribution in [3.05, 3.63) is 88.5 Å². The SMILES string of the molecule is O=C(COc1ccc(-c2ccccc2)cc1)N/N=C\c1ccc(O)c([N+](=O)[O-])c1. The molecule has 8 heteroatoms. The molecule has 3 aromatic carbocycles. The van der Waals surface area contributed by atoms with Crippen molar-refractivity contribution >= 4 is 17.8 Å². The van der Waals surface area contributed by atoms with Crippen LogP contribution < -0.4 is 10.2 Å². The highest BCUT2D eigenvalue weighted by Gasteiger charge is 2.12. The van der Waals surface area contributed by atoms with Gasteiger partial charge in [-0.3, -0.25) is 14.9 Å². The van der Waals surface area contributed by atoms with Crippen molar-refractivity contribution in [1.82, 2.24) is 5.43 Å². The number of nitrogens with zero attached hydrogens (tertiary/aromatic N) is 2. The molecule has 0 spiro atoms. The Kier molecular flexibility index (Phi) is 6.16. The van der Waals surface area contributed by atoms with Gasteiger partial charge in [0.15, 0.2) is 12.4 Å². The fraction of sp³-hybridized carbons (Fsp3) is 0.0476. The molecule has 0 atom stereocenters. The smallest absolute Gasteiger partial charge is 0.311 e. The van der Waals surface area contributed by atoms with Crippen molar-refractivity contribution in [2.75, 3.05) is 6.61 Å². The number of phenolic OH excluding ortho intramolecular Hbond substituents is 1. The summed E-state index contributed by atoms with van der Waals surface area (Å²) in [7, 11) is 0. The van der Waals surface area contributed by atoms with Gasteiger partial charge in [-0.05, 0) is 35.4 Å². The Morgan fingerprint density at radius 1 is 1.07 bits per heavy atom. The zero-order valence-electron chi connectivity index (χ0n) is 15.2. The fourth-order valence-corrected chi connectivity index (χ4v) is 2.50. The molecular weight excluding hydrogens is 374 g/mol. The summed E-state index contributed by atoms with van der Waals surface area (Å²) >= 11 is 0. The van der Waals surface area contributed by atoms with Crippen LogP contribution in [-0.2, 0) is 4.79 Å². The lowest BCUT2D eigenvalue weighted by atomic mass is 10.1. The number of ether oxygens (including phenoxy) is 1. The lowest BCUT2D eigenvalue weighted by molar-refractivity contribution is -0.385. The van der Waals surface area contributed by atoms with Crippen molar-refractivity contribution < 1.29 is 19.6 Å². The number of hydrazone groups is 1. The zero-order chi connectivity index (χ0) is 20.6. The molecule has 0 heterocycles. The normalized spacial score (nSPS) is 10.6. The molecule has 0 radical (unpaired) electrons. The van der Waals surface area contributed by atoms with E-state index in [0.717, 1.165) is 17.2 Å². The largest absolute Gasteiger partial charge is 0.502 e. The Labute approximate surface area is 166 Å². The maximum atomic E-state index is 11.8. The number of amides is 1. The summed E-state index contributed by atoms with van der Waals surface area (Å²) in [6, 6.07) is 21.0. The molecular formula is C21H17N3O5. The van der Waals surface area contributed by atoms with Crippen molar-refractivity contribution in [3.8, 4) is 22.6 Å². The Bertz CT molecular complexity index is 1030. The van der Waals surface area contributed by atoms with Crippen LogP contribution >= 0.6 is 0 Å². The number of rotatable bonds is 7. The van der Waals surface area contributed by atoms with Gasteiger partial charge in [-0.25, -0.2) is 5.43 Å². The summed E-state index contributed by atoms with van der Waals surface area (Å²) < 4.78 is 5.42. The van der Waals surface area contributed by atoms with E-state index in [1.54, 1.807) is 12.1 Å². The molecule has 0 saturated heterocycles. The summed E-state index contributed by atoms with van der Waals surface area (Å²) in [6.45, 7) is -0.238. The molecule has 0 aromatic heterocycles. The van der Waals surface area contributed by atoms with Crippen LogP contribution in [-0.4, -0.2) is 28.8 Å². The van der Waals surface area contributed by atoms with Gasteiger partial charge in [0.25, 0.3) is 5.91 Å². The predicted octanol–water partition coefficient (Wildman–Crippen LogP) is 3.50. The van der Waals surface area contributed by atoms with Gasteiger partial charge in [0.1, 0.15) is 5.75 Å². The van der Waals surface area contributed by atoms with Gasteiger partial charge in [0.05, 0.1) is 11.1 Å². The standard InChI is InChI=1S/C21H17N3O5/c25-20-11-6-15(12-19(20)24(27)28)13-22-23-21(26)14-29-18-9-7-17(8-10-18)16-4-2-1-3-5-16/h1-13,25H,14H2,(H,23,26)/b22-13-. The summed E-state index contributed by atoms with van der Waals surface area (Å²) in [5.74, 6) is -0.387. The second kappa shape index (κ2) is 9.14. The highest BCUT2D eigenvalue weighted by atomic mass is 16.6. The molecule has 3 aromatic rings. The lowest BCUT2D eigenvalue weighted by Crippen LogP contribution is -2.24. The fourth-order valence-electron chi connectivity index (χ4n) is 2.50.